The van der Waals surface area contributed by atoms with E-state index in [2.05, 4.69) is 20.3 Å². The highest BCUT2D eigenvalue weighted by Crippen LogP contribution is 2.29. The third kappa shape index (κ3) is 6.47. The van der Waals surface area contributed by atoms with Crippen molar-refractivity contribution in [1.29, 1.82) is 0 Å². The number of primary amides is 1. The lowest BCUT2D eigenvalue weighted by molar-refractivity contribution is -0.118. The molecule has 0 aliphatic carbocycles. The van der Waals surface area contributed by atoms with E-state index in [0.717, 1.165) is 38.3 Å². The number of ether oxygens (including phenoxy) is 2. The number of amides is 1. The quantitative estimate of drug-likeness (QED) is 0.293. The largest absolute Gasteiger partial charge is 0.493 e. The lowest BCUT2D eigenvalue weighted by Crippen LogP contribution is -2.44. The number of nitrogens with zero attached hydrogens (tertiary/aromatic N) is 5. The third-order valence-corrected chi connectivity index (χ3v) is 7.47. The minimum Gasteiger partial charge on any atom is -0.493 e. The first-order valence-corrected chi connectivity index (χ1v) is 13.9. The van der Waals surface area contributed by atoms with Crippen LogP contribution in [0, 0.1) is 11.6 Å². The van der Waals surface area contributed by atoms with Gasteiger partial charge in [-0.3, -0.25) is 19.4 Å². The van der Waals surface area contributed by atoms with Gasteiger partial charge in [-0.1, -0.05) is 12.5 Å². The van der Waals surface area contributed by atoms with Crippen molar-refractivity contribution in [2.24, 2.45) is 10.7 Å². The number of anilines is 2. The molecule has 1 aromatic heterocycles. The van der Waals surface area contributed by atoms with Crippen LogP contribution in [0.4, 0.5) is 20.2 Å². The molecule has 0 spiro atoms. The van der Waals surface area contributed by atoms with Gasteiger partial charge in [0.25, 0.3) is 0 Å². The number of likely N-dealkylation sites (tertiary alicyclic amines) is 1. The van der Waals surface area contributed by atoms with Gasteiger partial charge in [-0.25, -0.2) is 8.78 Å². The number of hydrogen-bond acceptors (Lipinski definition) is 9. The number of aliphatic hydroxyl groups is 1. The molecule has 3 aromatic rings. The Labute approximate surface area is 241 Å². The molecule has 11 nitrogen and oxygen atoms in total. The molecule has 1 saturated heterocycles. The Morgan fingerprint density at radius 1 is 1.24 bits per heavy atom. The summed E-state index contributed by atoms with van der Waals surface area (Å²) in [4.78, 5) is 19.9. The average molecular weight is 584 g/mol. The topological polar surface area (TPSA) is 130 Å². The second kappa shape index (κ2) is 13.2. The monoisotopic (exact) mass is 583 g/mol. The van der Waals surface area contributed by atoms with Gasteiger partial charge in [0.1, 0.15) is 25.6 Å². The van der Waals surface area contributed by atoms with Crippen molar-refractivity contribution in [3.8, 4) is 11.5 Å². The highest BCUT2D eigenvalue weighted by Gasteiger charge is 2.24. The molecule has 224 valence electrons. The number of rotatable bonds is 12. The first-order valence-electron chi connectivity index (χ1n) is 13.9. The molecule has 2 aliphatic heterocycles. The zero-order valence-corrected chi connectivity index (χ0v) is 23.4. The van der Waals surface area contributed by atoms with Crippen LogP contribution in [0.3, 0.4) is 0 Å². The van der Waals surface area contributed by atoms with E-state index in [9.17, 15) is 18.7 Å². The molecule has 4 N–H and O–H groups in total. The summed E-state index contributed by atoms with van der Waals surface area (Å²) in [5.74, 6) is -1.18. The van der Waals surface area contributed by atoms with Crippen LogP contribution in [0.25, 0.3) is 5.82 Å². The Morgan fingerprint density at radius 2 is 2.10 bits per heavy atom. The van der Waals surface area contributed by atoms with Crippen LogP contribution in [0.1, 0.15) is 25.7 Å². The maximum absolute atomic E-state index is 15.0. The Hall–Kier alpha value is -4.23. The van der Waals surface area contributed by atoms with Gasteiger partial charge in [0, 0.05) is 36.7 Å². The Kier molecular flexibility index (Phi) is 9.18. The minimum absolute atomic E-state index is 0.00492. The van der Waals surface area contributed by atoms with Crippen LogP contribution in [0.5, 0.6) is 11.5 Å². The summed E-state index contributed by atoms with van der Waals surface area (Å²) >= 11 is 0. The Balaban J connectivity index is 1.48. The number of methoxy groups -OCH3 is 1. The standard InChI is InChI=1S/C29H35F2N7O4/c1-41-25-13-21-23(14-26(25)42-12-10-36-9-3-2-5-20(36)8-11-39)33-18-38(24-7-4-6-22(30)28(24)31)29(21)35-19-15-34-37(16-19)17-27(32)40/h4,6-7,13-16,20,35,39H,2-3,5,8-12,17-18H2,1H3,(H2,32,40)/t20-/m1/s1. The summed E-state index contributed by atoms with van der Waals surface area (Å²) in [5.41, 5.74) is 5.79. The second-order valence-electron chi connectivity index (χ2n) is 10.2. The van der Waals surface area contributed by atoms with Gasteiger partial charge in [0.05, 0.1) is 30.0 Å². The number of carbonyl (C=O) groups excluding carboxylic acids is 1. The minimum atomic E-state index is -1.01. The van der Waals surface area contributed by atoms with E-state index in [0.29, 0.717) is 52.8 Å². The zero-order chi connectivity index (χ0) is 29.6. The number of aromatic nitrogens is 2. The van der Waals surface area contributed by atoms with E-state index in [1.54, 1.807) is 18.3 Å². The summed E-state index contributed by atoms with van der Waals surface area (Å²) < 4.78 is 42.4. The highest BCUT2D eigenvalue weighted by atomic mass is 19.2. The van der Waals surface area contributed by atoms with Gasteiger partial charge in [0.15, 0.2) is 23.1 Å². The molecule has 0 unspecified atom stereocenters. The number of halogens is 2. The molecule has 3 heterocycles. The smallest absolute Gasteiger partial charge is 0.239 e. The molecule has 5 rings (SSSR count). The molecule has 2 aliphatic rings. The maximum Gasteiger partial charge on any atom is 0.239 e. The predicted molar refractivity (Wildman–Crippen MR) is 152 cm³/mol. The molecule has 0 saturated carbocycles. The molecule has 1 fully saturated rings. The van der Waals surface area contributed by atoms with Crippen molar-refractivity contribution in [3.63, 3.8) is 0 Å². The lowest BCUT2D eigenvalue weighted by Gasteiger charge is -2.35. The number of aliphatic hydroxyl groups excluding tert-OH is 1. The number of fused-ring (bicyclic) bond motifs is 1. The maximum atomic E-state index is 15.0. The first-order chi connectivity index (χ1) is 20.4. The van der Waals surface area contributed by atoms with Crippen molar-refractivity contribution in [1.82, 2.24) is 14.7 Å². The fraction of sp³-hybridized carbons (Fsp3) is 0.414. The average Bonchev–Trinajstić information content (AvgIpc) is 3.41. The number of benzene rings is 2. The fourth-order valence-corrected chi connectivity index (χ4v) is 5.45. The van der Waals surface area contributed by atoms with Crippen LogP contribution in [0.15, 0.2) is 47.7 Å². The van der Waals surface area contributed by atoms with Gasteiger partial charge >= 0.3 is 0 Å². The molecule has 1 atom stereocenters. The molecular weight excluding hydrogens is 548 g/mol. The van der Waals surface area contributed by atoms with E-state index in [1.165, 1.54) is 35.0 Å². The summed E-state index contributed by atoms with van der Waals surface area (Å²) in [5, 5.41) is 17.9. The van der Waals surface area contributed by atoms with Crippen LogP contribution >= 0.6 is 0 Å². The lowest BCUT2D eigenvalue weighted by atomic mass is 10.00. The van der Waals surface area contributed by atoms with Crippen LogP contribution in [0.2, 0.25) is 0 Å². The van der Waals surface area contributed by atoms with Crippen molar-refractivity contribution in [3.05, 3.63) is 64.9 Å². The van der Waals surface area contributed by atoms with Crippen molar-refractivity contribution in [2.45, 2.75) is 38.3 Å². The Morgan fingerprint density at radius 3 is 2.88 bits per heavy atom. The van der Waals surface area contributed by atoms with E-state index in [-0.39, 0.29) is 25.5 Å². The third-order valence-electron chi connectivity index (χ3n) is 7.47. The predicted octanol–water partition coefficient (Wildman–Crippen LogP) is 1.55. The number of hydrogen-bond donors (Lipinski definition) is 3. The summed E-state index contributed by atoms with van der Waals surface area (Å²) in [6, 6.07) is 7.80. The van der Waals surface area contributed by atoms with Gasteiger partial charge in [0.2, 0.25) is 5.91 Å². The van der Waals surface area contributed by atoms with Crippen molar-refractivity contribution < 1.29 is 28.2 Å². The first kappa shape index (κ1) is 29.3. The zero-order valence-electron chi connectivity index (χ0n) is 23.4. The molecule has 42 heavy (non-hydrogen) atoms. The number of carbonyl (C=O) groups is 1. The van der Waals surface area contributed by atoms with Crippen molar-refractivity contribution >= 4 is 23.1 Å². The van der Waals surface area contributed by atoms with E-state index in [1.807, 2.05) is 0 Å². The van der Waals surface area contributed by atoms with Crippen LogP contribution < -0.4 is 36.0 Å². The molecular formula is C29H35F2N7O4. The molecule has 1 amide bonds. The number of nitrogens with two attached hydrogens (primary N) is 1. The van der Waals surface area contributed by atoms with Gasteiger partial charge in [-0.15, -0.1) is 0 Å². The SMILES string of the molecule is COc1cc2c(cc1OCCN1CCCC[C@@H]1CCO)=NCN(c1cccc(F)c1F)C=2Nc1cnn(CC(N)=O)c1. The van der Waals surface area contributed by atoms with Gasteiger partial charge in [-0.2, -0.15) is 5.10 Å². The molecule has 13 heteroatoms. The highest BCUT2D eigenvalue weighted by molar-refractivity contribution is 5.78. The molecule has 2 aromatic carbocycles. The van der Waals surface area contributed by atoms with E-state index >= 15 is 0 Å². The van der Waals surface area contributed by atoms with Crippen molar-refractivity contribution in [2.75, 3.05) is 50.3 Å². The van der Waals surface area contributed by atoms with E-state index in [4.69, 9.17) is 15.2 Å². The van der Waals surface area contributed by atoms with E-state index < -0.39 is 17.5 Å². The van der Waals surface area contributed by atoms with Crippen LogP contribution in [-0.2, 0) is 11.3 Å². The summed E-state index contributed by atoms with van der Waals surface area (Å²) in [6.07, 6.45) is 7.19. The summed E-state index contributed by atoms with van der Waals surface area (Å²) in [6.45, 7) is 2.15. The second-order valence-corrected chi connectivity index (χ2v) is 10.2. The number of nitrogens with one attached hydrogen (secondary N) is 1. The molecule has 0 bridgehead atoms. The fourth-order valence-electron chi connectivity index (χ4n) is 5.45. The van der Waals surface area contributed by atoms with Gasteiger partial charge in [-0.05, 0) is 44.0 Å². The normalized spacial score (nSPS) is 17.0. The summed E-state index contributed by atoms with van der Waals surface area (Å²) in [7, 11) is 1.53. The van der Waals surface area contributed by atoms with Gasteiger partial charge < -0.3 is 30.5 Å². The number of piperidine rings is 1. The Bertz CT molecular complexity index is 1550. The molecule has 0 radical (unpaired) electrons. The van der Waals surface area contributed by atoms with Crippen LogP contribution in [-0.4, -0.2) is 71.8 Å².